The lowest BCUT2D eigenvalue weighted by molar-refractivity contribution is -0.385. The number of nitrogens with zero attached hydrogens (tertiary/aromatic N) is 2. The number of esters is 1. The monoisotopic (exact) mass is 476 g/mol. The molecule has 0 bridgehead atoms. The van der Waals surface area contributed by atoms with Crippen LogP contribution >= 0.6 is 0 Å². The van der Waals surface area contributed by atoms with Crippen LogP contribution < -0.4 is 10.5 Å². The number of nitro groups is 1. The number of sulfonamides is 1. The predicted octanol–water partition coefficient (Wildman–Crippen LogP) is 0.409. The van der Waals surface area contributed by atoms with Crippen molar-refractivity contribution in [3.63, 3.8) is 0 Å². The Balaban J connectivity index is 1.63. The third-order valence-electron chi connectivity index (χ3n) is 4.59. The number of hydrogen-bond acceptors (Lipinski definition) is 9. The van der Waals surface area contributed by atoms with E-state index in [1.165, 1.54) is 43.3 Å². The number of benzene rings is 2. The number of anilines is 1. The molecule has 13 nitrogen and oxygen atoms in total. The number of fused-ring (bicyclic) bond motifs is 1. The molecule has 3 N–H and O–H groups in total. The van der Waals surface area contributed by atoms with Gasteiger partial charge in [0.1, 0.15) is 12.1 Å². The molecule has 1 aliphatic heterocycles. The molecule has 0 unspecified atom stereocenters. The Morgan fingerprint density at radius 3 is 2.36 bits per heavy atom. The minimum absolute atomic E-state index is 0.166. The summed E-state index contributed by atoms with van der Waals surface area (Å²) in [5.74, 6) is -3.79. The molecule has 2 aromatic carbocycles. The second-order valence-electron chi connectivity index (χ2n) is 6.84. The molecule has 33 heavy (non-hydrogen) atoms. The summed E-state index contributed by atoms with van der Waals surface area (Å²) in [7, 11) is -3.91. The average molecular weight is 476 g/mol. The normalized spacial score (nSPS) is 13.9. The van der Waals surface area contributed by atoms with Crippen LogP contribution in [0.4, 0.5) is 11.4 Å². The van der Waals surface area contributed by atoms with E-state index in [1.807, 2.05) is 0 Å². The highest BCUT2D eigenvalue weighted by molar-refractivity contribution is 7.89. The predicted molar refractivity (Wildman–Crippen MR) is 110 cm³/mol. The van der Waals surface area contributed by atoms with Crippen molar-refractivity contribution in [1.29, 1.82) is 0 Å². The average Bonchev–Trinajstić information content (AvgIpc) is 2.98. The van der Waals surface area contributed by atoms with Crippen molar-refractivity contribution >= 4 is 45.1 Å². The fraction of sp³-hybridized carbons (Fsp3) is 0.158. The van der Waals surface area contributed by atoms with Crippen LogP contribution in [0, 0.1) is 10.1 Å². The smallest absolute Gasteiger partial charge is 0.326 e. The molecule has 3 rings (SSSR count). The van der Waals surface area contributed by atoms with Gasteiger partial charge in [0.05, 0.1) is 15.4 Å². The van der Waals surface area contributed by atoms with Crippen LogP contribution in [0.1, 0.15) is 27.6 Å². The van der Waals surface area contributed by atoms with E-state index in [-0.39, 0.29) is 16.1 Å². The molecule has 0 saturated heterocycles. The third kappa shape index (κ3) is 4.86. The first-order chi connectivity index (χ1) is 15.4. The van der Waals surface area contributed by atoms with E-state index in [0.29, 0.717) is 4.90 Å². The van der Waals surface area contributed by atoms with E-state index >= 15 is 0 Å². The zero-order valence-corrected chi connectivity index (χ0v) is 17.7. The van der Waals surface area contributed by atoms with Crippen molar-refractivity contribution in [3.05, 3.63) is 63.7 Å². The molecule has 0 aromatic heterocycles. The lowest BCUT2D eigenvalue weighted by Gasteiger charge is -2.16. The van der Waals surface area contributed by atoms with Gasteiger partial charge in [-0.05, 0) is 37.3 Å². The van der Waals surface area contributed by atoms with Gasteiger partial charge in [0.25, 0.3) is 23.4 Å². The second kappa shape index (κ2) is 8.76. The Bertz CT molecular complexity index is 1290. The number of imide groups is 1. The van der Waals surface area contributed by atoms with E-state index in [4.69, 9.17) is 9.88 Å². The molecule has 0 fully saturated rings. The van der Waals surface area contributed by atoms with Crippen molar-refractivity contribution in [2.75, 3.05) is 11.9 Å². The largest absolute Gasteiger partial charge is 0.451 e. The van der Waals surface area contributed by atoms with Crippen LogP contribution in [0.25, 0.3) is 0 Å². The first-order valence-corrected chi connectivity index (χ1v) is 10.7. The molecule has 3 amide bonds. The molecular formula is C19H16N4O9S. The second-order valence-corrected chi connectivity index (χ2v) is 8.41. The maximum absolute atomic E-state index is 12.5. The van der Waals surface area contributed by atoms with Crippen LogP contribution in [0.15, 0.2) is 47.4 Å². The maximum atomic E-state index is 12.5. The standard InChI is InChI=1S/C19H16N4O9S/c1-10(17(25)21-11-5-7-12(8-6-11)33(20,30)31)32-15(24)9-22-18(26)13-3-2-4-14(23(28)29)16(13)19(22)27/h2-8,10H,9H2,1H3,(H,21,25)(H2,20,30,31)/t10-/m0/s1. The van der Waals surface area contributed by atoms with Gasteiger partial charge in [-0.1, -0.05) is 6.07 Å². The maximum Gasteiger partial charge on any atom is 0.326 e. The summed E-state index contributed by atoms with van der Waals surface area (Å²) in [5.41, 5.74) is -1.00. The van der Waals surface area contributed by atoms with Gasteiger partial charge >= 0.3 is 5.97 Å². The lowest BCUT2D eigenvalue weighted by Crippen LogP contribution is -2.38. The summed E-state index contributed by atoms with van der Waals surface area (Å²) < 4.78 is 27.5. The topological polar surface area (TPSA) is 196 Å². The van der Waals surface area contributed by atoms with Crippen molar-refractivity contribution in [2.45, 2.75) is 17.9 Å². The summed E-state index contributed by atoms with van der Waals surface area (Å²) in [6.45, 7) is 0.378. The molecule has 0 aliphatic carbocycles. The molecule has 1 atom stereocenters. The quantitative estimate of drug-likeness (QED) is 0.246. The Morgan fingerprint density at radius 1 is 1.15 bits per heavy atom. The number of ether oxygens (including phenoxy) is 1. The van der Waals surface area contributed by atoms with Gasteiger partial charge in [0.15, 0.2) is 6.10 Å². The van der Waals surface area contributed by atoms with Crippen molar-refractivity contribution in [3.8, 4) is 0 Å². The van der Waals surface area contributed by atoms with Crippen LogP contribution in [-0.4, -0.2) is 54.6 Å². The van der Waals surface area contributed by atoms with E-state index in [2.05, 4.69) is 5.32 Å². The zero-order chi connectivity index (χ0) is 24.5. The van der Waals surface area contributed by atoms with E-state index in [9.17, 15) is 37.7 Å². The summed E-state index contributed by atoms with van der Waals surface area (Å²) in [5, 5.41) is 18.5. The highest BCUT2D eigenvalue weighted by Crippen LogP contribution is 2.30. The molecule has 2 aromatic rings. The van der Waals surface area contributed by atoms with E-state index < -0.39 is 62.5 Å². The molecule has 0 spiro atoms. The third-order valence-corrected chi connectivity index (χ3v) is 5.52. The fourth-order valence-electron chi connectivity index (χ4n) is 3.00. The minimum atomic E-state index is -3.91. The van der Waals surface area contributed by atoms with Gasteiger partial charge in [-0.2, -0.15) is 0 Å². The van der Waals surface area contributed by atoms with Crippen molar-refractivity contribution in [2.24, 2.45) is 5.14 Å². The van der Waals surface area contributed by atoms with Crippen LogP contribution in [-0.2, 0) is 24.3 Å². The number of carbonyl (C=O) groups excluding carboxylic acids is 4. The summed E-state index contributed by atoms with van der Waals surface area (Å²) in [6.07, 6.45) is -1.35. The van der Waals surface area contributed by atoms with Gasteiger partial charge in [-0.15, -0.1) is 0 Å². The Kier molecular flexibility index (Phi) is 6.23. The number of nitro benzene ring substituents is 1. The van der Waals surface area contributed by atoms with Crippen molar-refractivity contribution in [1.82, 2.24) is 4.90 Å². The molecule has 0 saturated carbocycles. The SMILES string of the molecule is C[C@H](OC(=O)CN1C(=O)c2cccc([N+](=O)[O-])c2C1=O)C(=O)Nc1ccc(S(N)(=O)=O)cc1. The molecule has 14 heteroatoms. The summed E-state index contributed by atoms with van der Waals surface area (Å²) >= 11 is 0. The van der Waals surface area contributed by atoms with Gasteiger partial charge in [0.2, 0.25) is 10.0 Å². The first-order valence-electron chi connectivity index (χ1n) is 9.17. The van der Waals surface area contributed by atoms with Crippen LogP contribution in [0.2, 0.25) is 0 Å². The fourth-order valence-corrected chi connectivity index (χ4v) is 3.52. The number of hydrogen-bond donors (Lipinski definition) is 2. The lowest BCUT2D eigenvalue weighted by atomic mass is 10.1. The Labute approximate surface area is 186 Å². The van der Waals surface area contributed by atoms with Crippen LogP contribution in [0.5, 0.6) is 0 Å². The van der Waals surface area contributed by atoms with E-state index in [0.717, 1.165) is 6.07 Å². The minimum Gasteiger partial charge on any atom is -0.451 e. The number of primary sulfonamides is 1. The van der Waals surface area contributed by atoms with Gasteiger partial charge in [-0.3, -0.25) is 34.2 Å². The summed E-state index contributed by atoms with van der Waals surface area (Å²) in [4.78, 5) is 60.0. The number of nitrogens with two attached hydrogens (primary N) is 1. The van der Waals surface area contributed by atoms with Gasteiger partial charge in [-0.25, -0.2) is 13.6 Å². The zero-order valence-electron chi connectivity index (χ0n) is 16.9. The first kappa shape index (κ1) is 23.5. The van der Waals surface area contributed by atoms with Crippen LogP contribution in [0.3, 0.4) is 0 Å². The number of carbonyl (C=O) groups is 4. The number of amides is 3. The van der Waals surface area contributed by atoms with Gasteiger partial charge in [0, 0.05) is 11.8 Å². The molecular weight excluding hydrogens is 460 g/mol. The number of rotatable bonds is 7. The van der Waals surface area contributed by atoms with E-state index in [1.54, 1.807) is 0 Å². The number of nitrogens with one attached hydrogen (secondary N) is 1. The van der Waals surface area contributed by atoms with Crippen molar-refractivity contribution < 1.29 is 37.3 Å². The molecule has 1 aliphatic rings. The summed E-state index contributed by atoms with van der Waals surface area (Å²) in [6, 6.07) is 8.42. The molecule has 172 valence electrons. The highest BCUT2D eigenvalue weighted by Gasteiger charge is 2.42. The molecule has 0 radical (unpaired) electrons. The Hall–Kier alpha value is -4.17. The Morgan fingerprint density at radius 2 is 1.79 bits per heavy atom. The highest BCUT2D eigenvalue weighted by atomic mass is 32.2. The van der Waals surface area contributed by atoms with Gasteiger partial charge < -0.3 is 10.1 Å². The molecule has 1 heterocycles.